The van der Waals surface area contributed by atoms with Crippen LogP contribution in [-0.2, 0) is 13.2 Å². The third kappa shape index (κ3) is 5.18. The van der Waals surface area contributed by atoms with Crippen molar-refractivity contribution in [3.63, 3.8) is 0 Å². The normalized spacial score (nSPS) is 10.5. The molecule has 1 N–H and O–H groups in total. The summed E-state index contributed by atoms with van der Waals surface area (Å²) in [5.74, 6) is 1.37. The second-order valence-electron chi connectivity index (χ2n) is 6.69. The highest BCUT2D eigenvalue weighted by Crippen LogP contribution is 2.28. The van der Waals surface area contributed by atoms with Crippen LogP contribution >= 0.6 is 23.2 Å². The van der Waals surface area contributed by atoms with Crippen molar-refractivity contribution in [2.24, 2.45) is 0 Å². The number of halogens is 2. The van der Waals surface area contributed by atoms with Gasteiger partial charge in [0.25, 0.3) is 0 Å². The molecule has 0 aliphatic carbocycles. The third-order valence-electron chi connectivity index (χ3n) is 4.55. The quantitative estimate of drug-likeness (QED) is 0.339. The first-order chi connectivity index (χ1) is 15.1. The number of rotatable bonds is 7. The van der Waals surface area contributed by atoms with Crippen molar-refractivity contribution in [2.45, 2.75) is 13.2 Å². The smallest absolute Gasteiger partial charge is 0.232 e. The van der Waals surface area contributed by atoms with E-state index < -0.39 is 0 Å². The van der Waals surface area contributed by atoms with Crippen LogP contribution in [0.5, 0.6) is 5.75 Å². The fourth-order valence-electron chi connectivity index (χ4n) is 2.89. The summed E-state index contributed by atoms with van der Waals surface area (Å²) in [6.07, 6.45) is 0. The van der Waals surface area contributed by atoms with Crippen LogP contribution in [-0.4, -0.2) is 4.98 Å². The lowest BCUT2D eigenvalue weighted by atomic mass is 10.2. The standard InChI is InChI=1S/C24H17Cl2N3O2/c25-19-9-5-16(6-10-19)14-28-24-22(13-27)29-23(31-24)17-7-11-20(12-8-17)30-15-18-3-1-2-4-21(18)26/h1-12,28H,14-15H2. The molecule has 7 heteroatoms. The largest absolute Gasteiger partial charge is 0.489 e. The molecule has 0 aliphatic rings. The van der Waals surface area contributed by atoms with E-state index in [0.717, 1.165) is 16.7 Å². The van der Waals surface area contributed by atoms with Crippen molar-refractivity contribution >= 4 is 29.1 Å². The second-order valence-corrected chi connectivity index (χ2v) is 7.54. The Morgan fingerprint density at radius 3 is 2.42 bits per heavy atom. The van der Waals surface area contributed by atoms with Gasteiger partial charge in [0.15, 0.2) is 0 Å². The molecule has 0 saturated heterocycles. The summed E-state index contributed by atoms with van der Waals surface area (Å²) in [7, 11) is 0. The maximum atomic E-state index is 9.40. The molecule has 1 heterocycles. The van der Waals surface area contributed by atoms with E-state index in [2.05, 4.69) is 16.4 Å². The van der Waals surface area contributed by atoms with Crippen molar-refractivity contribution in [1.82, 2.24) is 4.98 Å². The topological polar surface area (TPSA) is 71.1 Å². The second kappa shape index (κ2) is 9.57. The first kappa shape index (κ1) is 20.8. The number of nitriles is 1. The molecule has 31 heavy (non-hydrogen) atoms. The maximum Gasteiger partial charge on any atom is 0.232 e. The van der Waals surface area contributed by atoms with Gasteiger partial charge >= 0.3 is 0 Å². The number of benzene rings is 3. The zero-order valence-electron chi connectivity index (χ0n) is 16.3. The van der Waals surface area contributed by atoms with E-state index in [9.17, 15) is 5.26 Å². The molecule has 1 aromatic heterocycles. The van der Waals surface area contributed by atoms with Crippen LogP contribution in [0.2, 0.25) is 10.0 Å². The van der Waals surface area contributed by atoms with Crippen molar-refractivity contribution in [2.75, 3.05) is 5.32 Å². The Hall–Kier alpha value is -3.46. The summed E-state index contributed by atoms with van der Waals surface area (Å²) < 4.78 is 11.6. The molecule has 0 atom stereocenters. The highest BCUT2D eigenvalue weighted by Gasteiger charge is 2.14. The van der Waals surface area contributed by atoms with E-state index in [-0.39, 0.29) is 5.69 Å². The molecular weight excluding hydrogens is 433 g/mol. The zero-order chi connectivity index (χ0) is 21.6. The number of hydrogen-bond acceptors (Lipinski definition) is 5. The molecule has 154 valence electrons. The summed E-state index contributed by atoms with van der Waals surface area (Å²) in [5.41, 5.74) is 2.85. The zero-order valence-corrected chi connectivity index (χ0v) is 17.8. The number of nitrogens with one attached hydrogen (secondary N) is 1. The van der Waals surface area contributed by atoms with Gasteiger partial charge in [-0.15, -0.1) is 0 Å². The Kier molecular flexibility index (Phi) is 6.42. The SMILES string of the molecule is N#Cc1nc(-c2ccc(OCc3ccccc3Cl)cc2)oc1NCc1ccc(Cl)cc1. The molecule has 3 aromatic carbocycles. The summed E-state index contributed by atoms with van der Waals surface area (Å²) in [6.45, 7) is 0.852. The van der Waals surface area contributed by atoms with E-state index >= 15 is 0 Å². The Morgan fingerprint density at radius 2 is 1.71 bits per heavy atom. The van der Waals surface area contributed by atoms with Crippen molar-refractivity contribution in [3.05, 3.63) is 99.7 Å². The lowest BCUT2D eigenvalue weighted by Gasteiger charge is -2.08. The van der Waals surface area contributed by atoms with Crippen molar-refractivity contribution < 1.29 is 9.15 Å². The minimum absolute atomic E-state index is 0.197. The fraction of sp³-hybridized carbons (Fsp3) is 0.0833. The lowest BCUT2D eigenvalue weighted by molar-refractivity contribution is 0.306. The number of aromatic nitrogens is 1. The van der Waals surface area contributed by atoms with Gasteiger partial charge < -0.3 is 14.5 Å². The van der Waals surface area contributed by atoms with Gasteiger partial charge in [0.1, 0.15) is 18.4 Å². The number of anilines is 1. The van der Waals surface area contributed by atoms with Crippen LogP contribution in [0.3, 0.4) is 0 Å². The van der Waals surface area contributed by atoms with Gasteiger partial charge in [0.05, 0.1) is 0 Å². The molecule has 0 amide bonds. The van der Waals surface area contributed by atoms with Gasteiger partial charge in [-0.25, -0.2) is 0 Å². The third-order valence-corrected chi connectivity index (χ3v) is 5.17. The molecule has 4 aromatic rings. The van der Waals surface area contributed by atoms with Crippen LogP contribution in [0.15, 0.2) is 77.2 Å². The molecule has 0 radical (unpaired) electrons. The van der Waals surface area contributed by atoms with Crippen LogP contribution in [0, 0.1) is 11.3 Å². The van der Waals surface area contributed by atoms with Gasteiger partial charge in [0.2, 0.25) is 17.5 Å². The summed E-state index contributed by atoms with van der Waals surface area (Å²) >= 11 is 12.1. The number of oxazole rings is 1. The van der Waals surface area contributed by atoms with E-state index in [0.29, 0.717) is 40.7 Å². The predicted molar refractivity (Wildman–Crippen MR) is 121 cm³/mol. The van der Waals surface area contributed by atoms with E-state index in [4.69, 9.17) is 32.4 Å². The molecule has 0 saturated carbocycles. The van der Waals surface area contributed by atoms with E-state index in [1.165, 1.54) is 0 Å². The first-order valence-electron chi connectivity index (χ1n) is 9.48. The van der Waals surface area contributed by atoms with Crippen LogP contribution < -0.4 is 10.1 Å². The molecule has 5 nitrogen and oxygen atoms in total. The van der Waals surface area contributed by atoms with E-state index in [1.807, 2.05) is 72.8 Å². The van der Waals surface area contributed by atoms with Gasteiger partial charge in [-0.3, -0.25) is 0 Å². The first-order valence-corrected chi connectivity index (χ1v) is 10.2. The molecule has 0 fully saturated rings. The number of ether oxygens (including phenoxy) is 1. The van der Waals surface area contributed by atoms with Crippen molar-refractivity contribution in [3.8, 4) is 23.3 Å². The fourth-order valence-corrected chi connectivity index (χ4v) is 3.21. The highest BCUT2D eigenvalue weighted by atomic mass is 35.5. The number of nitrogens with zero attached hydrogens (tertiary/aromatic N) is 2. The van der Waals surface area contributed by atoms with Crippen LogP contribution in [0.1, 0.15) is 16.8 Å². The average Bonchev–Trinajstić information content (AvgIpc) is 3.22. The maximum absolute atomic E-state index is 9.40. The molecule has 0 spiro atoms. The van der Waals surface area contributed by atoms with Crippen molar-refractivity contribution in [1.29, 1.82) is 5.26 Å². The number of hydrogen-bond donors (Lipinski definition) is 1. The Labute approximate surface area is 189 Å². The van der Waals surface area contributed by atoms with Crippen LogP contribution in [0.4, 0.5) is 5.88 Å². The van der Waals surface area contributed by atoms with Gasteiger partial charge in [-0.1, -0.05) is 53.5 Å². The minimum Gasteiger partial charge on any atom is -0.489 e. The Bertz CT molecular complexity index is 1210. The highest BCUT2D eigenvalue weighted by molar-refractivity contribution is 6.31. The molecule has 4 rings (SSSR count). The lowest BCUT2D eigenvalue weighted by Crippen LogP contribution is -1.99. The Morgan fingerprint density at radius 1 is 0.968 bits per heavy atom. The molecule has 0 unspecified atom stereocenters. The van der Waals surface area contributed by atoms with Crippen LogP contribution in [0.25, 0.3) is 11.5 Å². The van der Waals surface area contributed by atoms with E-state index in [1.54, 1.807) is 0 Å². The van der Waals surface area contributed by atoms with Gasteiger partial charge in [0, 0.05) is 27.7 Å². The molecular formula is C24H17Cl2N3O2. The van der Waals surface area contributed by atoms with Gasteiger partial charge in [-0.05, 0) is 48.0 Å². The monoisotopic (exact) mass is 449 g/mol. The predicted octanol–water partition coefficient (Wildman–Crippen LogP) is 6.71. The summed E-state index contributed by atoms with van der Waals surface area (Å²) in [5, 5.41) is 13.8. The molecule has 0 bridgehead atoms. The minimum atomic E-state index is 0.197. The summed E-state index contributed by atoms with van der Waals surface area (Å²) in [6, 6.07) is 24.3. The molecule has 0 aliphatic heterocycles. The Balaban J connectivity index is 1.43. The average molecular weight is 450 g/mol. The van der Waals surface area contributed by atoms with Gasteiger partial charge in [-0.2, -0.15) is 10.2 Å². The summed E-state index contributed by atoms with van der Waals surface area (Å²) in [4.78, 5) is 4.29.